The van der Waals surface area contributed by atoms with Gasteiger partial charge in [0.15, 0.2) is 11.9 Å². The molecular formula is C42H84N12O6. The lowest BCUT2D eigenvalue weighted by Crippen LogP contribution is -2.47. The summed E-state index contributed by atoms with van der Waals surface area (Å²) >= 11 is 0. The Kier molecular flexibility index (Phi) is 36.3. The Hall–Kier alpha value is -4.19. The van der Waals surface area contributed by atoms with Gasteiger partial charge in [0.25, 0.3) is 0 Å². The maximum atomic E-state index is 13.0. The van der Waals surface area contributed by atoms with E-state index >= 15 is 0 Å². The minimum atomic E-state index is -1.07. The van der Waals surface area contributed by atoms with Gasteiger partial charge in [-0.1, -0.05) is 96.3 Å². The van der Waals surface area contributed by atoms with Gasteiger partial charge in [-0.3, -0.25) is 29.2 Å². The first-order valence-electron chi connectivity index (χ1n) is 22.8. The largest absolute Gasteiger partial charge is 0.480 e. The highest BCUT2D eigenvalue weighted by Gasteiger charge is 2.21. The van der Waals surface area contributed by atoms with Crippen molar-refractivity contribution in [1.82, 2.24) is 21.3 Å². The van der Waals surface area contributed by atoms with Crippen LogP contribution in [0, 0.1) is 0 Å². The summed E-state index contributed by atoms with van der Waals surface area (Å²) in [5.74, 6) is -1.76. The van der Waals surface area contributed by atoms with Gasteiger partial charge in [-0.05, 0) is 70.8 Å². The van der Waals surface area contributed by atoms with Crippen LogP contribution in [0.1, 0.15) is 173 Å². The molecule has 0 heterocycles. The first kappa shape index (κ1) is 55.8. The molecule has 3 atom stereocenters. The number of unbranched alkanes of at least 4 members (excludes halogenated alkanes) is 17. The molecule has 0 aromatic carbocycles. The van der Waals surface area contributed by atoms with Crippen LogP contribution in [-0.4, -0.2) is 97.5 Å². The standard InChI is InChI=1S/C42H84N12O6/c43-28-18-17-23-33(44)38(57)49-29-19-13-9-5-1-3-7-11-15-26-36(55)53-34(24-21-31-51-41(45)46)39(58)50-30-20-14-10-6-2-4-8-12-16-27-37(56)54-35(40(59)60)25-22-32-52-42(47)48/h33-35H,1-32,43-44H2,(H,49,57)(H,50,58)(H,53,55)(H,54,56)(H,59,60)(H4,45,46,51)(H4,47,48,52)/t33-,34-,35-/m0/s1. The number of carbonyl (C=O) groups excluding carboxylic acids is 4. The molecule has 0 bridgehead atoms. The van der Waals surface area contributed by atoms with E-state index in [4.69, 9.17) is 34.4 Å². The first-order chi connectivity index (χ1) is 28.9. The minimum absolute atomic E-state index is 0.00164. The van der Waals surface area contributed by atoms with Crippen LogP contribution < -0.4 is 55.7 Å². The summed E-state index contributed by atoms with van der Waals surface area (Å²) in [5, 5.41) is 20.8. The molecule has 60 heavy (non-hydrogen) atoms. The molecule has 0 aromatic heterocycles. The number of carboxylic acid groups (broad SMARTS) is 1. The van der Waals surface area contributed by atoms with E-state index in [1.54, 1.807) is 0 Å². The average molecular weight is 853 g/mol. The molecule has 0 unspecified atom stereocenters. The van der Waals surface area contributed by atoms with Crippen molar-refractivity contribution in [1.29, 1.82) is 0 Å². The van der Waals surface area contributed by atoms with E-state index in [1.165, 1.54) is 0 Å². The second-order valence-electron chi connectivity index (χ2n) is 15.8. The number of hydrogen-bond donors (Lipinski definition) is 11. The van der Waals surface area contributed by atoms with Crippen molar-refractivity contribution in [3.8, 4) is 0 Å². The van der Waals surface area contributed by atoms with Crippen LogP contribution in [0.15, 0.2) is 9.98 Å². The van der Waals surface area contributed by atoms with Crippen LogP contribution in [0.5, 0.6) is 0 Å². The Morgan fingerprint density at radius 2 is 0.850 bits per heavy atom. The molecule has 18 nitrogen and oxygen atoms in total. The smallest absolute Gasteiger partial charge is 0.326 e. The highest BCUT2D eigenvalue weighted by Crippen LogP contribution is 2.13. The van der Waals surface area contributed by atoms with Gasteiger partial charge >= 0.3 is 5.97 Å². The monoisotopic (exact) mass is 853 g/mol. The highest BCUT2D eigenvalue weighted by atomic mass is 16.4. The number of amides is 4. The molecule has 18 heteroatoms. The molecule has 0 aliphatic carbocycles. The lowest BCUT2D eigenvalue weighted by Gasteiger charge is -2.18. The maximum absolute atomic E-state index is 13.0. The fourth-order valence-electron chi connectivity index (χ4n) is 6.68. The Balaban J connectivity index is 4.11. The molecule has 0 saturated carbocycles. The molecule has 4 amide bonds. The van der Waals surface area contributed by atoms with Crippen molar-refractivity contribution in [3.05, 3.63) is 0 Å². The van der Waals surface area contributed by atoms with Crippen LogP contribution in [0.3, 0.4) is 0 Å². The summed E-state index contributed by atoms with van der Waals surface area (Å²) in [6, 6.07) is -2.03. The fraction of sp³-hybridized carbons (Fsp3) is 0.833. The summed E-state index contributed by atoms with van der Waals surface area (Å²) in [6.45, 7) is 2.52. The maximum Gasteiger partial charge on any atom is 0.326 e. The minimum Gasteiger partial charge on any atom is -0.480 e. The summed E-state index contributed by atoms with van der Waals surface area (Å²) < 4.78 is 0. The van der Waals surface area contributed by atoms with Gasteiger partial charge in [0.05, 0.1) is 6.04 Å². The van der Waals surface area contributed by atoms with E-state index in [9.17, 15) is 29.1 Å². The number of aliphatic imine (C=N–C) groups is 2. The van der Waals surface area contributed by atoms with E-state index in [0.29, 0.717) is 77.7 Å². The molecule has 348 valence electrons. The number of hydrogen-bond acceptors (Lipinski definition) is 9. The zero-order chi connectivity index (χ0) is 44.6. The van der Waals surface area contributed by atoms with Crippen molar-refractivity contribution < 1.29 is 29.1 Å². The molecule has 0 aromatic rings. The molecule has 0 rings (SSSR count). The molecule has 0 spiro atoms. The quantitative estimate of drug-likeness (QED) is 0.0240. The Morgan fingerprint density at radius 1 is 0.467 bits per heavy atom. The zero-order valence-electron chi connectivity index (χ0n) is 36.7. The Morgan fingerprint density at radius 3 is 1.27 bits per heavy atom. The van der Waals surface area contributed by atoms with E-state index in [0.717, 1.165) is 122 Å². The van der Waals surface area contributed by atoms with Crippen molar-refractivity contribution in [2.75, 3.05) is 32.7 Å². The Bertz CT molecular complexity index is 1210. The summed E-state index contributed by atoms with van der Waals surface area (Å²) in [6.07, 6.45) is 23.0. The second kappa shape index (κ2) is 39.0. The van der Waals surface area contributed by atoms with Gasteiger partial charge in [-0.2, -0.15) is 0 Å². The van der Waals surface area contributed by atoms with E-state index in [2.05, 4.69) is 31.3 Å². The number of rotatable bonds is 41. The van der Waals surface area contributed by atoms with E-state index in [-0.39, 0.29) is 42.0 Å². The summed E-state index contributed by atoms with van der Waals surface area (Å²) in [7, 11) is 0. The van der Waals surface area contributed by atoms with Crippen LogP contribution in [0.2, 0.25) is 0 Å². The number of nitrogens with one attached hydrogen (secondary N) is 4. The van der Waals surface area contributed by atoms with Gasteiger partial charge in [-0.25, -0.2) is 4.79 Å². The molecule has 17 N–H and O–H groups in total. The third-order valence-electron chi connectivity index (χ3n) is 10.2. The molecule has 0 fully saturated rings. The Labute approximate surface area is 359 Å². The number of guanidine groups is 2. The van der Waals surface area contributed by atoms with Crippen LogP contribution in [-0.2, 0) is 24.0 Å². The predicted molar refractivity (Wildman–Crippen MR) is 241 cm³/mol. The summed E-state index contributed by atoms with van der Waals surface area (Å²) in [5.41, 5.74) is 32.8. The topological polar surface area (TPSA) is 335 Å². The van der Waals surface area contributed by atoms with Gasteiger partial charge in [0.1, 0.15) is 12.1 Å². The van der Waals surface area contributed by atoms with Crippen molar-refractivity contribution in [2.24, 2.45) is 44.4 Å². The molecule has 0 aliphatic heterocycles. The zero-order valence-corrected chi connectivity index (χ0v) is 36.7. The predicted octanol–water partition coefficient (Wildman–Crippen LogP) is 2.64. The molecule has 0 radical (unpaired) electrons. The fourth-order valence-corrected chi connectivity index (χ4v) is 6.68. The SMILES string of the molecule is NCCCC[C@H](N)C(=O)NCCCCCCCCCCCC(=O)N[C@@H](CCCN=C(N)N)C(=O)NCCCCCCCCCCCC(=O)N[C@@H](CCCN=C(N)N)C(=O)O. The number of carbonyl (C=O) groups is 5. The van der Waals surface area contributed by atoms with Crippen molar-refractivity contribution in [2.45, 2.75) is 191 Å². The van der Waals surface area contributed by atoms with Crippen molar-refractivity contribution in [3.63, 3.8) is 0 Å². The number of nitrogens with two attached hydrogens (primary N) is 6. The van der Waals surface area contributed by atoms with E-state index in [1.807, 2.05) is 0 Å². The number of nitrogens with zero attached hydrogens (tertiary/aromatic N) is 2. The van der Waals surface area contributed by atoms with Crippen LogP contribution in [0.25, 0.3) is 0 Å². The normalized spacial score (nSPS) is 12.4. The first-order valence-corrected chi connectivity index (χ1v) is 22.8. The number of aliphatic carboxylic acids is 1. The molecule has 0 saturated heterocycles. The van der Waals surface area contributed by atoms with Gasteiger partial charge in [-0.15, -0.1) is 0 Å². The van der Waals surface area contributed by atoms with Gasteiger partial charge in [0, 0.05) is 39.0 Å². The lowest BCUT2D eigenvalue weighted by molar-refractivity contribution is -0.142. The van der Waals surface area contributed by atoms with E-state index < -0.39 is 24.1 Å². The summed E-state index contributed by atoms with van der Waals surface area (Å²) in [4.78, 5) is 69.3. The van der Waals surface area contributed by atoms with Gasteiger partial charge < -0.3 is 60.8 Å². The van der Waals surface area contributed by atoms with Crippen LogP contribution in [0.4, 0.5) is 0 Å². The van der Waals surface area contributed by atoms with Crippen molar-refractivity contribution >= 4 is 41.5 Å². The number of carboxylic acids is 1. The third kappa shape index (κ3) is 35.7. The lowest BCUT2D eigenvalue weighted by atomic mass is 10.1. The van der Waals surface area contributed by atoms with Gasteiger partial charge in [0.2, 0.25) is 23.6 Å². The molecule has 0 aliphatic rings. The molecular weight excluding hydrogens is 769 g/mol. The average Bonchev–Trinajstić information content (AvgIpc) is 3.20. The third-order valence-corrected chi connectivity index (χ3v) is 10.2. The second-order valence-corrected chi connectivity index (χ2v) is 15.8. The van der Waals surface area contributed by atoms with Crippen LogP contribution >= 0.6 is 0 Å². The highest BCUT2D eigenvalue weighted by molar-refractivity contribution is 5.87.